The fraction of sp³-hybridized carbons (Fsp3) is 0.727. The van der Waals surface area contributed by atoms with Gasteiger partial charge in [0.15, 0.2) is 5.60 Å². The molecule has 0 saturated heterocycles. The number of carboxylic acid groups (broad SMARTS) is 1. The number of aliphatic carboxylic acids is 1. The molecular formula is C11H16O3. The lowest BCUT2D eigenvalue weighted by molar-refractivity contribution is -0.158. The Bertz CT molecular complexity index is 297. The molecule has 78 valence electrons. The van der Waals surface area contributed by atoms with Gasteiger partial charge in [-0.25, -0.2) is 4.79 Å². The van der Waals surface area contributed by atoms with Crippen molar-refractivity contribution in [2.75, 3.05) is 0 Å². The van der Waals surface area contributed by atoms with E-state index in [0.717, 1.165) is 12.8 Å². The van der Waals surface area contributed by atoms with Crippen LogP contribution in [0.25, 0.3) is 0 Å². The first-order valence-electron chi connectivity index (χ1n) is 5.07. The van der Waals surface area contributed by atoms with Gasteiger partial charge in [0.25, 0.3) is 0 Å². The minimum absolute atomic E-state index is 0.0120. The molecule has 0 aromatic carbocycles. The lowest BCUT2D eigenvalue weighted by atomic mass is 9.72. The molecule has 0 heterocycles. The quantitative estimate of drug-likeness (QED) is 0.626. The number of allylic oxidation sites excluding steroid dienone is 2. The summed E-state index contributed by atoms with van der Waals surface area (Å²) < 4.78 is 0. The molecule has 3 atom stereocenters. The van der Waals surface area contributed by atoms with Crippen LogP contribution in [-0.2, 0) is 4.79 Å². The maximum Gasteiger partial charge on any atom is 0.335 e. The molecule has 0 aliphatic heterocycles. The van der Waals surface area contributed by atoms with E-state index in [4.69, 9.17) is 5.11 Å². The Kier molecular flexibility index (Phi) is 1.96. The number of fused-ring (bicyclic) bond motifs is 1. The first-order valence-corrected chi connectivity index (χ1v) is 5.07. The Balaban J connectivity index is 2.25. The van der Waals surface area contributed by atoms with Crippen molar-refractivity contribution in [3.63, 3.8) is 0 Å². The monoisotopic (exact) mass is 196 g/mol. The van der Waals surface area contributed by atoms with Crippen LogP contribution in [0.4, 0.5) is 0 Å². The molecule has 0 unspecified atom stereocenters. The van der Waals surface area contributed by atoms with E-state index in [2.05, 4.69) is 19.1 Å². The maximum absolute atomic E-state index is 10.9. The Hall–Kier alpha value is -0.830. The third kappa shape index (κ3) is 1.27. The van der Waals surface area contributed by atoms with Crippen LogP contribution < -0.4 is 0 Å². The van der Waals surface area contributed by atoms with Gasteiger partial charge < -0.3 is 10.2 Å². The zero-order chi connectivity index (χ0) is 10.4. The Morgan fingerprint density at radius 1 is 1.50 bits per heavy atom. The van der Waals surface area contributed by atoms with Crippen LogP contribution in [0.1, 0.15) is 32.6 Å². The lowest BCUT2D eigenvalue weighted by Crippen LogP contribution is -2.36. The lowest BCUT2D eigenvalue weighted by Gasteiger charge is -2.32. The topological polar surface area (TPSA) is 57.5 Å². The van der Waals surface area contributed by atoms with Gasteiger partial charge in [0.2, 0.25) is 0 Å². The van der Waals surface area contributed by atoms with Gasteiger partial charge in [-0.05, 0) is 37.0 Å². The van der Waals surface area contributed by atoms with Gasteiger partial charge in [0.1, 0.15) is 0 Å². The molecule has 0 spiro atoms. The molecule has 3 nitrogen and oxygen atoms in total. The summed E-state index contributed by atoms with van der Waals surface area (Å²) in [6, 6.07) is 0. The highest BCUT2D eigenvalue weighted by Crippen LogP contribution is 2.54. The van der Waals surface area contributed by atoms with Crippen molar-refractivity contribution in [1.29, 1.82) is 0 Å². The Morgan fingerprint density at radius 3 is 2.79 bits per heavy atom. The molecule has 2 aliphatic rings. The van der Waals surface area contributed by atoms with Crippen LogP contribution in [0.3, 0.4) is 0 Å². The van der Waals surface area contributed by atoms with E-state index in [9.17, 15) is 9.90 Å². The van der Waals surface area contributed by atoms with Crippen molar-refractivity contribution in [2.45, 2.75) is 38.2 Å². The molecule has 0 aromatic rings. The average Bonchev–Trinajstić information content (AvgIpc) is 2.36. The largest absolute Gasteiger partial charge is 0.479 e. The number of carboxylic acids is 1. The van der Waals surface area contributed by atoms with Gasteiger partial charge in [0.05, 0.1) is 0 Å². The van der Waals surface area contributed by atoms with Crippen LogP contribution in [0.5, 0.6) is 0 Å². The molecule has 0 bridgehead atoms. The molecule has 2 rings (SSSR count). The molecule has 3 heteroatoms. The minimum atomic E-state index is -1.48. The van der Waals surface area contributed by atoms with E-state index >= 15 is 0 Å². The van der Waals surface area contributed by atoms with E-state index in [1.54, 1.807) is 0 Å². The molecule has 0 amide bonds. The van der Waals surface area contributed by atoms with Crippen molar-refractivity contribution in [3.05, 3.63) is 12.2 Å². The fourth-order valence-corrected chi connectivity index (χ4v) is 2.92. The molecule has 0 aromatic heterocycles. The number of aliphatic hydroxyl groups is 1. The van der Waals surface area contributed by atoms with Gasteiger partial charge >= 0.3 is 5.97 Å². The molecular weight excluding hydrogens is 180 g/mol. The Labute approximate surface area is 83.4 Å². The van der Waals surface area contributed by atoms with Gasteiger partial charge in [-0.1, -0.05) is 19.1 Å². The fourth-order valence-electron chi connectivity index (χ4n) is 2.92. The SMILES string of the molecule is C[C@]12CC=CC[C@@H]1C[C@@](O)(C(=O)O)C2. The highest BCUT2D eigenvalue weighted by Gasteiger charge is 2.54. The summed E-state index contributed by atoms with van der Waals surface area (Å²) >= 11 is 0. The summed E-state index contributed by atoms with van der Waals surface area (Å²) in [6.07, 6.45) is 6.80. The van der Waals surface area contributed by atoms with Crippen LogP contribution >= 0.6 is 0 Å². The smallest absolute Gasteiger partial charge is 0.335 e. The molecule has 1 saturated carbocycles. The average molecular weight is 196 g/mol. The van der Waals surface area contributed by atoms with E-state index in [1.807, 2.05) is 0 Å². The number of hydrogen-bond acceptors (Lipinski definition) is 2. The summed E-state index contributed by atoms with van der Waals surface area (Å²) in [5.74, 6) is -0.735. The summed E-state index contributed by atoms with van der Waals surface area (Å²) in [5.41, 5.74) is -1.49. The zero-order valence-electron chi connectivity index (χ0n) is 8.36. The van der Waals surface area contributed by atoms with Crippen molar-refractivity contribution in [1.82, 2.24) is 0 Å². The Morgan fingerprint density at radius 2 is 2.21 bits per heavy atom. The minimum Gasteiger partial charge on any atom is -0.479 e. The third-order valence-electron chi connectivity index (χ3n) is 3.84. The van der Waals surface area contributed by atoms with Gasteiger partial charge in [0, 0.05) is 0 Å². The summed E-state index contributed by atoms with van der Waals surface area (Å²) in [4.78, 5) is 10.9. The van der Waals surface area contributed by atoms with Gasteiger partial charge in [-0.3, -0.25) is 0 Å². The number of carbonyl (C=O) groups is 1. The predicted octanol–water partition coefficient (Wildman–Crippen LogP) is 1.57. The third-order valence-corrected chi connectivity index (χ3v) is 3.84. The van der Waals surface area contributed by atoms with Crippen molar-refractivity contribution < 1.29 is 15.0 Å². The van der Waals surface area contributed by atoms with E-state index in [1.165, 1.54) is 0 Å². The second-order valence-electron chi connectivity index (χ2n) is 4.98. The van der Waals surface area contributed by atoms with Crippen molar-refractivity contribution in [3.8, 4) is 0 Å². The van der Waals surface area contributed by atoms with Crippen molar-refractivity contribution >= 4 is 5.97 Å². The maximum atomic E-state index is 10.9. The summed E-state index contributed by atoms with van der Waals surface area (Å²) in [7, 11) is 0. The normalized spacial score (nSPS) is 46.3. The van der Waals surface area contributed by atoms with E-state index in [-0.39, 0.29) is 5.41 Å². The molecule has 1 fully saturated rings. The van der Waals surface area contributed by atoms with Crippen molar-refractivity contribution in [2.24, 2.45) is 11.3 Å². The highest BCUT2D eigenvalue weighted by atomic mass is 16.4. The first kappa shape index (κ1) is 9.71. The second-order valence-corrected chi connectivity index (χ2v) is 4.98. The van der Waals surface area contributed by atoms with Gasteiger partial charge in [-0.2, -0.15) is 0 Å². The number of rotatable bonds is 1. The summed E-state index contributed by atoms with van der Waals surface area (Å²) in [6.45, 7) is 2.09. The molecule has 2 N–H and O–H groups in total. The van der Waals surface area contributed by atoms with Crippen LogP contribution in [0, 0.1) is 11.3 Å². The van der Waals surface area contributed by atoms with E-state index in [0.29, 0.717) is 18.8 Å². The van der Waals surface area contributed by atoms with Crippen LogP contribution in [-0.4, -0.2) is 21.8 Å². The predicted molar refractivity (Wildman–Crippen MR) is 51.8 cm³/mol. The molecule has 2 aliphatic carbocycles. The standard InChI is InChI=1S/C11H16O3/c1-10-5-3-2-4-8(10)6-11(14,7-10)9(12)13/h2-3,8,14H,4-7H2,1H3,(H,12,13)/t8-,10-,11+/m1/s1. The second kappa shape index (κ2) is 2.83. The molecule has 14 heavy (non-hydrogen) atoms. The zero-order valence-corrected chi connectivity index (χ0v) is 8.36. The van der Waals surface area contributed by atoms with Crippen LogP contribution in [0.2, 0.25) is 0 Å². The highest BCUT2D eigenvalue weighted by molar-refractivity contribution is 5.77. The van der Waals surface area contributed by atoms with Crippen LogP contribution in [0.15, 0.2) is 12.2 Å². The summed E-state index contributed by atoms with van der Waals surface area (Å²) in [5, 5.41) is 18.9. The number of hydrogen-bond donors (Lipinski definition) is 2. The first-order chi connectivity index (χ1) is 6.46. The molecule has 0 radical (unpaired) electrons. The van der Waals surface area contributed by atoms with Gasteiger partial charge in [-0.15, -0.1) is 0 Å². The van der Waals surface area contributed by atoms with E-state index < -0.39 is 11.6 Å².